The topological polar surface area (TPSA) is 38.5 Å². The average molecular weight is 186 g/mol. The lowest BCUT2D eigenvalue weighted by atomic mass is 10.1. The van der Waals surface area contributed by atoms with Crippen molar-refractivity contribution in [2.24, 2.45) is 11.8 Å². The summed E-state index contributed by atoms with van der Waals surface area (Å²) in [7, 11) is 0. The van der Waals surface area contributed by atoms with Gasteiger partial charge in [0.1, 0.15) is 0 Å². The van der Waals surface area contributed by atoms with Crippen molar-refractivity contribution in [3.63, 3.8) is 0 Å². The van der Waals surface area contributed by atoms with Gasteiger partial charge in [0.25, 0.3) is 0 Å². The Morgan fingerprint density at radius 3 is 2.92 bits per heavy atom. The Kier molecular flexibility index (Phi) is 4.70. The van der Waals surface area contributed by atoms with E-state index in [0.29, 0.717) is 0 Å². The fraction of sp³-hybridized carbons (Fsp3) is 1.00. The molecule has 1 aliphatic rings. The normalized spacial score (nSPS) is 25.4. The summed E-state index contributed by atoms with van der Waals surface area (Å²) in [6.45, 7) is 7.95. The van der Waals surface area contributed by atoms with Gasteiger partial charge in [-0.3, -0.25) is 4.84 Å². The minimum Gasteiger partial charge on any atom is -0.301 e. The summed E-state index contributed by atoms with van der Waals surface area (Å²) in [6, 6.07) is 0. The third kappa shape index (κ3) is 4.07. The van der Waals surface area contributed by atoms with Gasteiger partial charge >= 0.3 is 0 Å². The maximum absolute atomic E-state index is 5.19. The molecular formula is C10H22N2O. The van der Waals surface area contributed by atoms with Crippen LogP contribution < -0.4 is 5.90 Å². The predicted octanol–water partition coefficient (Wildman–Crippen LogP) is 1.39. The Balaban J connectivity index is 2.18. The molecule has 1 atom stereocenters. The first kappa shape index (κ1) is 11.0. The lowest BCUT2D eigenvalue weighted by Gasteiger charge is -2.31. The SMILES string of the molecule is CC(C)CCN1CCCC(ON)C1. The summed E-state index contributed by atoms with van der Waals surface area (Å²) >= 11 is 0. The smallest absolute Gasteiger partial charge is 0.0914 e. The highest BCUT2D eigenvalue weighted by Crippen LogP contribution is 2.13. The molecule has 0 aromatic rings. The third-order valence-corrected chi connectivity index (χ3v) is 2.68. The van der Waals surface area contributed by atoms with Crippen molar-refractivity contribution in [3.05, 3.63) is 0 Å². The first-order chi connectivity index (χ1) is 6.22. The van der Waals surface area contributed by atoms with E-state index in [0.717, 1.165) is 18.9 Å². The molecule has 1 fully saturated rings. The largest absolute Gasteiger partial charge is 0.301 e. The standard InChI is InChI=1S/C10H22N2O/c1-9(2)5-7-12-6-3-4-10(8-12)13-11/h9-10H,3-8,11H2,1-2H3. The number of piperidine rings is 1. The van der Waals surface area contributed by atoms with Crippen molar-refractivity contribution in [2.45, 2.75) is 39.2 Å². The molecule has 2 N–H and O–H groups in total. The number of nitrogens with two attached hydrogens (primary N) is 1. The van der Waals surface area contributed by atoms with Gasteiger partial charge in [0, 0.05) is 6.54 Å². The Labute approximate surface area is 81.2 Å². The molecule has 0 spiro atoms. The zero-order valence-electron chi connectivity index (χ0n) is 8.83. The minimum atomic E-state index is 0.265. The summed E-state index contributed by atoms with van der Waals surface area (Å²) < 4.78 is 0. The summed E-state index contributed by atoms with van der Waals surface area (Å²) in [5.74, 6) is 5.99. The second-order valence-electron chi connectivity index (χ2n) is 4.38. The lowest BCUT2D eigenvalue weighted by molar-refractivity contribution is -0.00238. The van der Waals surface area contributed by atoms with Gasteiger partial charge in [0.2, 0.25) is 0 Å². The van der Waals surface area contributed by atoms with Crippen molar-refractivity contribution < 1.29 is 4.84 Å². The highest BCUT2D eigenvalue weighted by atomic mass is 16.6. The molecule has 1 saturated heterocycles. The molecule has 1 aliphatic heterocycles. The highest BCUT2D eigenvalue weighted by Gasteiger charge is 2.19. The quantitative estimate of drug-likeness (QED) is 0.674. The number of likely N-dealkylation sites (tertiary alicyclic amines) is 1. The van der Waals surface area contributed by atoms with Crippen LogP contribution in [0.2, 0.25) is 0 Å². The van der Waals surface area contributed by atoms with E-state index in [-0.39, 0.29) is 6.10 Å². The van der Waals surface area contributed by atoms with E-state index in [1.165, 1.54) is 25.9 Å². The van der Waals surface area contributed by atoms with Crippen LogP contribution in [0.1, 0.15) is 33.1 Å². The van der Waals surface area contributed by atoms with E-state index < -0.39 is 0 Å². The molecule has 0 bridgehead atoms. The van der Waals surface area contributed by atoms with E-state index >= 15 is 0 Å². The monoisotopic (exact) mass is 186 g/mol. The lowest BCUT2D eigenvalue weighted by Crippen LogP contribution is -2.41. The predicted molar refractivity (Wildman–Crippen MR) is 54.2 cm³/mol. The highest BCUT2D eigenvalue weighted by molar-refractivity contribution is 4.72. The van der Waals surface area contributed by atoms with Gasteiger partial charge < -0.3 is 4.90 Å². The van der Waals surface area contributed by atoms with Gasteiger partial charge in [0.05, 0.1) is 6.10 Å². The maximum Gasteiger partial charge on any atom is 0.0914 e. The van der Waals surface area contributed by atoms with E-state index in [4.69, 9.17) is 10.7 Å². The van der Waals surface area contributed by atoms with Gasteiger partial charge in [-0.25, -0.2) is 5.90 Å². The van der Waals surface area contributed by atoms with Crippen LogP contribution in [0.15, 0.2) is 0 Å². The fourth-order valence-electron chi connectivity index (χ4n) is 1.77. The second-order valence-corrected chi connectivity index (χ2v) is 4.38. The van der Waals surface area contributed by atoms with Crippen LogP contribution in [0.3, 0.4) is 0 Å². The Morgan fingerprint density at radius 1 is 1.54 bits per heavy atom. The Hall–Kier alpha value is -0.120. The zero-order valence-corrected chi connectivity index (χ0v) is 8.83. The van der Waals surface area contributed by atoms with Crippen LogP contribution in [0.25, 0.3) is 0 Å². The Bertz CT molecular complexity index is 139. The number of hydrogen-bond acceptors (Lipinski definition) is 3. The van der Waals surface area contributed by atoms with Crippen LogP contribution in [-0.2, 0) is 4.84 Å². The number of hydrogen-bond donors (Lipinski definition) is 1. The molecule has 0 saturated carbocycles. The average Bonchev–Trinajstić information content (AvgIpc) is 2.15. The van der Waals surface area contributed by atoms with Crippen LogP contribution >= 0.6 is 0 Å². The molecule has 0 amide bonds. The zero-order chi connectivity index (χ0) is 9.68. The summed E-state index contributed by atoms with van der Waals surface area (Å²) in [6.07, 6.45) is 3.88. The van der Waals surface area contributed by atoms with Crippen LogP contribution in [0.4, 0.5) is 0 Å². The van der Waals surface area contributed by atoms with Crippen LogP contribution in [0, 0.1) is 5.92 Å². The van der Waals surface area contributed by atoms with Gasteiger partial charge in [-0.1, -0.05) is 13.8 Å². The van der Waals surface area contributed by atoms with Crippen LogP contribution in [-0.4, -0.2) is 30.6 Å². The van der Waals surface area contributed by atoms with Crippen molar-refractivity contribution in [3.8, 4) is 0 Å². The van der Waals surface area contributed by atoms with E-state index in [1.807, 2.05) is 0 Å². The summed E-state index contributed by atoms with van der Waals surface area (Å²) in [4.78, 5) is 7.35. The Morgan fingerprint density at radius 2 is 2.31 bits per heavy atom. The number of rotatable bonds is 4. The molecule has 3 heteroatoms. The molecule has 0 aromatic carbocycles. The molecule has 1 unspecified atom stereocenters. The minimum absolute atomic E-state index is 0.265. The van der Waals surface area contributed by atoms with Gasteiger partial charge in [-0.2, -0.15) is 0 Å². The first-order valence-corrected chi connectivity index (χ1v) is 5.30. The molecule has 0 aliphatic carbocycles. The molecule has 0 aromatic heterocycles. The summed E-state index contributed by atoms with van der Waals surface area (Å²) in [5, 5.41) is 0. The first-order valence-electron chi connectivity index (χ1n) is 5.30. The molecule has 78 valence electrons. The van der Waals surface area contributed by atoms with Gasteiger partial charge in [-0.05, 0) is 38.3 Å². The van der Waals surface area contributed by atoms with Crippen molar-refractivity contribution >= 4 is 0 Å². The van der Waals surface area contributed by atoms with E-state index in [9.17, 15) is 0 Å². The summed E-state index contributed by atoms with van der Waals surface area (Å²) in [5.41, 5.74) is 0. The molecule has 0 radical (unpaired) electrons. The van der Waals surface area contributed by atoms with E-state index in [2.05, 4.69) is 18.7 Å². The molecule has 13 heavy (non-hydrogen) atoms. The van der Waals surface area contributed by atoms with Gasteiger partial charge in [-0.15, -0.1) is 0 Å². The van der Waals surface area contributed by atoms with Crippen molar-refractivity contribution in [2.75, 3.05) is 19.6 Å². The van der Waals surface area contributed by atoms with Crippen molar-refractivity contribution in [1.29, 1.82) is 0 Å². The molecule has 3 nitrogen and oxygen atoms in total. The van der Waals surface area contributed by atoms with Crippen molar-refractivity contribution in [1.82, 2.24) is 4.90 Å². The second kappa shape index (κ2) is 5.58. The van der Waals surface area contributed by atoms with Gasteiger partial charge in [0.15, 0.2) is 0 Å². The fourth-order valence-corrected chi connectivity index (χ4v) is 1.77. The number of nitrogens with zero attached hydrogens (tertiary/aromatic N) is 1. The maximum atomic E-state index is 5.19. The van der Waals surface area contributed by atoms with E-state index in [1.54, 1.807) is 0 Å². The van der Waals surface area contributed by atoms with Crippen LogP contribution in [0.5, 0.6) is 0 Å². The molecule has 1 rings (SSSR count). The molecule has 1 heterocycles. The molecular weight excluding hydrogens is 164 g/mol. The third-order valence-electron chi connectivity index (χ3n) is 2.68.